The average Bonchev–Trinajstić information content (AvgIpc) is 2.54. The molecule has 0 aliphatic rings. The zero-order chi connectivity index (χ0) is 17.1. The van der Waals surface area contributed by atoms with Crippen molar-refractivity contribution in [1.82, 2.24) is 4.72 Å². The van der Waals surface area contributed by atoms with Crippen molar-refractivity contribution in [3.05, 3.63) is 48.5 Å². The summed E-state index contributed by atoms with van der Waals surface area (Å²) >= 11 is 0. The Balaban J connectivity index is 2.21. The number of sulfonamides is 1. The first-order valence-corrected chi connectivity index (χ1v) is 8.79. The largest absolute Gasteiger partial charge is 0.398 e. The number of nitrogen functional groups attached to an aromatic ring is 1. The smallest absolute Gasteiger partial charge is 0.240 e. The SMILES string of the molecule is CC(C)(CO)CNS(=O)(=O)c1ccc(-c2ccccc2N)cc1. The van der Waals surface area contributed by atoms with E-state index < -0.39 is 15.4 Å². The molecule has 23 heavy (non-hydrogen) atoms. The van der Waals surface area contributed by atoms with E-state index >= 15 is 0 Å². The Morgan fingerprint density at radius 3 is 2.26 bits per heavy atom. The van der Waals surface area contributed by atoms with E-state index in [9.17, 15) is 13.5 Å². The first kappa shape index (κ1) is 17.5. The van der Waals surface area contributed by atoms with Gasteiger partial charge >= 0.3 is 0 Å². The minimum absolute atomic E-state index is 0.0955. The molecular formula is C17H22N2O3S. The van der Waals surface area contributed by atoms with Gasteiger partial charge in [0.05, 0.1) is 4.90 Å². The van der Waals surface area contributed by atoms with Crippen molar-refractivity contribution in [3.8, 4) is 11.1 Å². The molecule has 0 saturated heterocycles. The van der Waals surface area contributed by atoms with Crippen molar-refractivity contribution in [2.75, 3.05) is 18.9 Å². The van der Waals surface area contributed by atoms with Crippen LogP contribution in [0.15, 0.2) is 53.4 Å². The van der Waals surface area contributed by atoms with Gasteiger partial charge in [-0.15, -0.1) is 0 Å². The van der Waals surface area contributed by atoms with Crippen LogP contribution < -0.4 is 10.5 Å². The number of para-hydroxylation sites is 1. The molecule has 0 heterocycles. The summed E-state index contributed by atoms with van der Waals surface area (Å²) < 4.78 is 27.1. The van der Waals surface area contributed by atoms with Gasteiger partial charge in [0.25, 0.3) is 0 Å². The first-order chi connectivity index (χ1) is 10.7. The third-order valence-electron chi connectivity index (χ3n) is 3.61. The van der Waals surface area contributed by atoms with Crippen LogP contribution in [0.4, 0.5) is 5.69 Å². The Hall–Kier alpha value is -1.89. The van der Waals surface area contributed by atoms with Gasteiger partial charge in [0, 0.05) is 29.8 Å². The fraction of sp³-hybridized carbons (Fsp3) is 0.294. The molecule has 4 N–H and O–H groups in total. The lowest BCUT2D eigenvalue weighted by Gasteiger charge is -2.21. The quantitative estimate of drug-likeness (QED) is 0.706. The number of anilines is 1. The zero-order valence-corrected chi connectivity index (χ0v) is 14.1. The molecule has 5 nitrogen and oxygen atoms in total. The van der Waals surface area contributed by atoms with E-state index in [1.54, 1.807) is 44.2 Å². The molecule has 2 aromatic rings. The summed E-state index contributed by atoms with van der Waals surface area (Å²) in [7, 11) is -3.60. The van der Waals surface area contributed by atoms with E-state index in [1.807, 2.05) is 18.2 Å². The lowest BCUT2D eigenvalue weighted by atomic mass is 9.96. The van der Waals surface area contributed by atoms with Gasteiger partial charge in [0.1, 0.15) is 0 Å². The standard InChI is InChI=1S/C17H22N2O3S/c1-17(2,12-20)11-19-23(21,22)14-9-7-13(8-10-14)15-5-3-4-6-16(15)18/h3-10,19-20H,11-12,18H2,1-2H3. The van der Waals surface area contributed by atoms with Gasteiger partial charge in [0.2, 0.25) is 10.0 Å². The molecule has 6 heteroatoms. The number of aliphatic hydroxyl groups excluding tert-OH is 1. The fourth-order valence-electron chi connectivity index (χ4n) is 2.00. The van der Waals surface area contributed by atoms with Crippen LogP contribution in [0.2, 0.25) is 0 Å². The second-order valence-electron chi connectivity index (χ2n) is 6.26. The molecule has 0 radical (unpaired) electrons. The highest BCUT2D eigenvalue weighted by molar-refractivity contribution is 7.89. The Morgan fingerprint density at radius 1 is 1.09 bits per heavy atom. The number of hydrogen-bond donors (Lipinski definition) is 3. The fourth-order valence-corrected chi connectivity index (χ4v) is 3.24. The van der Waals surface area contributed by atoms with Gasteiger partial charge in [-0.3, -0.25) is 0 Å². The van der Waals surface area contributed by atoms with Crippen molar-refractivity contribution in [1.29, 1.82) is 0 Å². The van der Waals surface area contributed by atoms with E-state index in [2.05, 4.69) is 4.72 Å². The normalized spacial score (nSPS) is 12.3. The van der Waals surface area contributed by atoms with E-state index in [4.69, 9.17) is 5.73 Å². The number of rotatable bonds is 6. The molecule has 0 amide bonds. The van der Waals surface area contributed by atoms with Crippen LogP contribution in [-0.2, 0) is 10.0 Å². The number of nitrogens with two attached hydrogens (primary N) is 1. The van der Waals surface area contributed by atoms with Gasteiger partial charge in [-0.25, -0.2) is 13.1 Å². The van der Waals surface area contributed by atoms with Gasteiger partial charge < -0.3 is 10.8 Å². The van der Waals surface area contributed by atoms with Crippen molar-refractivity contribution >= 4 is 15.7 Å². The molecule has 2 rings (SSSR count). The monoisotopic (exact) mass is 334 g/mol. The van der Waals surface area contributed by atoms with Crippen LogP contribution >= 0.6 is 0 Å². The number of benzene rings is 2. The second kappa shape index (κ2) is 6.70. The topological polar surface area (TPSA) is 92.4 Å². The summed E-state index contributed by atoms with van der Waals surface area (Å²) in [5.41, 5.74) is 7.79. The molecule has 0 fully saturated rings. The van der Waals surface area contributed by atoms with E-state index in [1.165, 1.54) is 0 Å². The van der Waals surface area contributed by atoms with Crippen molar-refractivity contribution in [3.63, 3.8) is 0 Å². The first-order valence-electron chi connectivity index (χ1n) is 7.31. The Labute approximate surface area is 137 Å². The summed E-state index contributed by atoms with van der Waals surface area (Å²) in [5.74, 6) is 0. The minimum atomic E-state index is -3.60. The van der Waals surface area contributed by atoms with E-state index in [-0.39, 0.29) is 18.0 Å². The molecule has 0 spiro atoms. The molecule has 0 aromatic heterocycles. The highest BCUT2D eigenvalue weighted by atomic mass is 32.2. The Bertz CT molecular complexity index is 769. The van der Waals surface area contributed by atoms with Crippen LogP contribution in [0.25, 0.3) is 11.1 Å². The summed E-state index contributed by atoms with van der Waals surface area (Å²) in [5, 5.41) is 9.20. The van der Waals surface area contributed by atoms with Crippen LogP contribution in [0.3, 0.4) is 0 Å². The molecule has 124 valence electrons. The summed E-state index contributed by atoms with van der Waals surface area (Å²) in [6.45, 7) is 3.65. The van der Waals surface area contributed by atoms with Gasteiger partial charge in [-0.2, -0.15) is 0 Å². The molecule has 0 bridgehead atoms. The molecule has 0 atom stereocenters. The lowest BCUT2D eigenvalue weighted by Crippen LogP contribution is -2.36. The second-order valence-corrected chi connectivity index (χ2v) is 8.03. The number of nitrogens with one attached hydrogen (secondary N) is 1. The Morgan fingerprint density at radius 2 is 1.70 bits per heavy atom. The molecular weight excluding hydrogens is 312 g/mol. The minimum Gasteiger partial charge on any atom is -0.398 e. The summed E-state index contributed by atoms with van der Waals surface area (Å²) in [6, 6.07) is 14.0. The Kier molecular flexibility index (Phi) is 5.09. The summed E-state index contributed by atoms with van der Waals surface area (Å²) in [6.07, 6.45) is 0. The predicted octanol–water partition coefficient (Wildman–Crippen LogP) is 2.23. The average molecular weight is 334 g/mol. The summed E-state index contributed by atoms with van der Waals surface area (Å²) in [4.78, 5) is 0.185. The molecule has 0 saturated carbocycles. The van der Waals surface area contributed by atoms with Gasteiger partial charge in [-0.05, 0) is 23.8 Å². The van der Waals surface area contributed by atoms with Crippen molar-refractivity contribution < 1.29 is 13.5 Å². The molecule has 0 unspecified atom stereocenters. The molecule has 0 aliphatic heterocycles. The maximum atomic E-state index is 12.3. The predicted molar refractivity (Wildman–Crippen MR) is 92.3 cm³/mol. The van der Waals surface area contributed by atoms with Crippen LogP contribution in [-0.4, -0.2) is 26.7 Å². The van der Waals surface area contributed by atoms with Crippen molar-refractivity contribution in [2.24, 2.45) is 5.41 Å². The van der Waals surface area contributed by atoms with E-state index in [0.29, 0.717) is 5.69 Å². The third kappa shape index (κ3) is 4.31. The van der Waals surface area contributed by atoms with Crippen LogP contribution in [0.5, 0.6) is 0 Å². The van der Waals surface area contributed by atoms with Gasteiger partial charge in [-0.1, -0.05) is 44.2 Å². The number of hydrogen-bond acceptors (Lipinski definition) is 4. The highest BCUT2D eigenvalue weighted by Crippen LogP contribution is 2.26. The molecule has 0 aliphatic carbocycles. The lowest BCUT2D eigenvalue weighted by molar-refractivity contribution is 0.163. The van der Waals surface area contributed by atoms with Gasteiger partial charge in [0.15, 0.2) is 0 Å². The van der Waals surface area contributed by atoms with Crippen molar-refractivity contribution in [2.45, 2.75) is 18.7 Å². The molecule has 2 aromatic carbocycles. The van der Waals surface area contributed by atoms with Crippen LogP contribution in [0.1, 0.15) is 13.8 Å². The maximum Gasteiger partial charge on any atom is 0.240 e. The van der Waals surface area contributed by atoms with Crippen LogP contribution in [0, 0.1) is 5.41 Å². The zero-order valence-electron chi connectivity index (χ0n) is 13.3. The number of aliphatic hydroxyl groups is 1. The highest BCUT2D eigenvalue weighted by Gasteiger charge is 2.21. The third-order valence-corrected chi connectivity index (χ3v) is 5.02. The van der Waals surface area contributed by atoms with E-state index in [0.717, 1.165) is 11.1 Å². The maximum absolute atomic E-state index is 12.3.